The van der Waals surface area contributed by atoms with Gasteiger partial charge >= 0.3 is 0 Å². The predicted molar refractivity (Wildman–Crippen MR) is 75.4 cm³/mol. The van der Waals surface area contributed by atoms with Gasteiger partial charge in [0.25, 0.3) is 0 Å². The quantitative estimate of drug-likeness (QED) is 0.761. The zero-order valence-electron chi connectivity index (χ0n) is 11.9. The van der Waals surface area contributed by atoms with Gasteiger partial charge in [-0.2, -0.15) is 0 Å². The van der Waals surface area contributed by atoms with E-state index in [4.69, 9.17) is 0 Å². The van der Waals surface area contributed by atoms with Crippen LogP contribution >= 0.6 is 0 Å². The van der Waals surface area contributed by atoms with E-state index in [2.05, 4.69) is 63.2 Å². The molecule has 0 aliphatic rings. The number of hydrogen-bond donors (Lipinski definition) is 1. The van der Waals surface area contributed by atoms with Gasteiger partial charge in [-0.1, -0.05) is 23.8 Å². The van der Waals surface area contributed by atoms with Crippen molar-refractivity contribution in [1.29, 1.82) is 0 Å². The van der Waals surface area contributed by atoms with E-state index in [9.17, 15) is 0 Å². The summed E-state index contributed by atoms with van der Waals surface area (Å²) in [6.07, 6.45) is 0. The normalized spacial score (nSPS) is 11.5. The van der Waals surface area contributed by atoms with Gasteiger partial charge in [0, 0.05) is 25.7 Å². The molecule has 96 valence electrons. The molecular formula is C15H26N2. The van der Waals surface area contributed by atoms with E-state index in [1.807, 2.05) is 0 Å². The van der Waals surface area contributed by atoms with E-state index in [0.29, 0.717) is 6.04 Å². The van der Waals surface area contributed by atoms with Gasteiger partial charge in [-0.15, -0.1) is 0 Å². The first-order valence-electron chi connectivity index (χ1n) is 6.48. The van der Waals surface area contributed by atoms with Crippen LogP contribution in [0.5, 0.6) is 0 Å². The summed E-state index contributed by atoms with van der Waals surface area (Å²) in [7, 11) is 2.17. The predicted octanol–water partition coefficient (Wildman–Crippen LogP) is 2.73. The van der Waals surface area contributed by atoms with Crippen LogP contribution in [0.1, 0.15) is 30.5 Å². The Morgan fingerprint density at radius 3 is 2.53 bits per heavy atom. The molecule has 1 aromatic carbocycles. The molecule has 0 atom stereocenters. The second-order valence-corrected chi connectivity index (χ2v) is 5.18. The fourth-order valence-electron chi connectivity index (χ4n) is 1.78. The van der Waals surface area contributed by atoms with Crippen LogP contribution in [-0.2, 0) is 6.54 Å². The molecule has 1 rings (SSSR count). The van der Waals surface area contributed by atoms with Gasteiger partial charge in [-0.3, -0.25) is 0 Å². The maximum atomic E-state index is 3.51. The molecule has 0 radical (unpaired) electrons. The molecule has 0 aromatic heterocycles. The van der Waals surface area contributed by atoms with Crippen LogP contribution in [0.25, 0.3) is 0 Å². The van der Waals surface area contributed by atoms with E-state index >= 15 is 0 Å². The molecule has 2 heteroatoms. The number of benzene rings is 1. The molecule has 0 bridgehead atoms. The van der Waals surface area contributed by atoms with Crippen LogP contribution in [0.4, 0.5) is 0 Å². The summed E-state index contributed by atoms with van der Waals surface area (Å²) in [6.45, 7) is 11.9. The molecule has 0 saturated heterocycles. The SMILES string of the molecule is Cc1ccc(CNCCN(C)C(C)C)c(C)c1. The minimum atomic E-state index is 0.623. The first-order chi connectivity index (χ1) is 8.00. The lowest BCUT2D eigenvalue weighted by molar-refractivity contribution is 0.273. The van der Waals surface area contributed by atoms with Crippen molar-refractivity contribution in [2.75, 3.05) is 20.1 Å². The standard InChI is InChI=1S/C15H26N2/c1-12(2)17(5)9-8-16-11-15-7-6-13(3)10-14(15)4/h6-7,10,12,16H,8-9,11H2,1-5H3. The van der Waals surface area contributed by atoms with Gasteiger partial charge in [0.15, 0.2) is 0 Å². The van der Waals surface area contributed by atoms with Gasteiger partial charge in [0.2, 0.25) is 0 Å². The number of nitrogens with one attached hydrogen (secondary N) is 1. The van der Waals surface area contributed by atoms with Gasteiger partial charge in [0.05, 0.1) is 0 Å². The highest BCUT2D eigenvalue weighted by Crippen LogP contribution is 2.09. The Morgan fingerprint density at radius 1 is 1.24 bits per heavy atom. The number of hydrogen-bond acceptors (Lipinski definition) is 2. The Bertz CT molecular complexity index is 345. The molecular weight excluding hydrogens is 208 g/mol. The summed E-state index contributed by atoms with van der Waals surface area (Å²) in [6, 6.07) is 7.28. The Kier molecular flexibility index (Phi) is 5.66. The Balaban J connectivity index is 2.31. The van der Waals surface area contributed by atoms with Crippen molar-refractivity contribution in [3.05, 3.63) is 34.9 Å². The number of rotatable bonds is 6. The Hall–Kier alpha value is -0.860. The number of aryl methyl sites for hydroxylation is 2. The van der Waals surface area contributed by atoms with E-state index < -0.39 is 0 Å². The average molecular weight is 234 g/mol. The van der Waals surface area contributed by atoms with Crippen LogP contribution < -0.4 is 5.32 Å². The molecule has 0 aliphatic heterocycles. The van der Waals surface area contributed by atoms with Crippen LogP contribution in [-0.4, -0.2) is 31.1 Å². The van der Waals surface area contributed by atoms with Crippen LogP contribution in [0.3, 0.4) is 0 Å². The first-order valence-corrected chi connectivity index (χ1v) is 6.48. The van der Waals surface area contributed by atoms with E-state index in [-0.39, 0.29) is 0 Å². The maximum absolute atomic E-state index is 3.51. The number of likely N-dealkylation sites (N-methyl/N-ethyl adjacent to an activating group) is 1. The third kappa shape index (κ3) is 4.88. The molecule has 0 aliphatic carbocycles. The van der Waals surface area contributed by atoms with Gasteiger partial charge < -0.3 is 10.2 Å². The van der Waals surface area contributed by atoms with Crippen LogP contribution in [0.15, 0.2) is 18.2 Å². The zero-order chi connectivity index (χ0) is 12.8. The summed E-state index contributed by atoms with van der Waals surface area (Å²) in [5.74, 6) is 0. The van der Waals surface area contributed by atoms with Gasteiger partial charge in [0.1, 0.15) is 0 Å². The minimum absolute atomic E-state index is 0.623. The van der Waals surface area contributed by atoms with Crippen molar-refractivity contribution in [3.8, 4) is 0 Å². The van der Waals surface area contributed by atoms with E-state index in [1.54, 1.807) is 0 Å². The van der Waals surface area contributed by atoms with Gasteiger partial charge in [-0.05, 0) is 45.9 Å². The molecule has 17 heavy (non-hydrogen) atoms. The third-order valence-corrected chi connectivity index (χ3v) is 3.34. The van der Waals surface area contributed by atoms with E-state index in [1.165, 1.54) is 16.7 Å². The summed E-state index contributed by atoms with van der Waals surface area (Å²) >= 11 is 0. The molecule has 1 aromatic rings. The molecule has 0 fully saturated rings. The molecule has 0 amide bonds. The van der Waals surface area contributed by atoms with Crippen molar-refractivity contribution in [2.45, 2.75) is 40.3 Å². The fourth-order valence-corrected chi connectivity index (χ4v) is 1.78. The summed E-state index contributed by atoms with van der Waals surface area (Å²) < 4.78 is 0. The van der Waals surface area contributed by atoms with Crippen molar-refractivity contribution in [1.82, 2.24) is 10.2 Å². The van der Waals surface area contributed by atoms with Crippen LogP contribution in [0, 0.1) is 13.8 Å². The average Bonchev–Trinajstić information content (AvgIpc) is 2.26. The summed E-state index contributed by atoms with van der Waals surface area (Å²) in [5, 5.41) is 3.51. The Labute approximate surface area is 106 Å². The van der Waals surface area contributed by atoms with Crippen molar-refractivity contribution in [3.63, 3.8) is 0 Å². The van der Waals surface area contributed by atoms with Crippen molar-refractivity contribution >= 4 is 0 Å². The third-order valence-electron chi connectivity index (χ3n) is 3.34. The van der Waals surface area contributed by atoms with Gasteiger partial charge in [-0.25, -0.2) is 0 Å². The Morgan fingerprint density at radius 2 is 1.94 bits per heavy atom. The lowest BCUT2D eigenvalue weighted by atomic mass is 10.1. The summed E-state index contributed by atoms with van der Waals surface area (Å²) in [5.41, 5.74) is 4.13. The van der Waals surface area contributed by atoms with E-state index in [0.717, 1.165) is 19.6 Å². The molecule has 0 saturated carbocycles. The second kappa shape index (κ2) is 6.77. The number of nitrogens with zero attached hydrogens (tertiary/aromatic N) is 1. The molecule has 1 N–H and O–H groups in total. The minimum Gasteiger partial charge on any atom is -0.311 e. The summed E-state index contributed by atoms with van der Waals surface area (Å²) in [4.78, 5) is 2.36. The highest BCUT2D eigenvalue weighted by atomic mass is 15.1. The lowest BCUT2D eigenvalue weighted by Gasteiger charge is -2.21. The molecule has 2 nitrogen and oxygen atoms in total. The molecule has 0 heterocycles. The monoisotopic (exact) mass is 234 g/mol. The van der Waals surface area contributed by atoms with Crippen molar-refractivity contribution in [2.24, 2.45) is 0 Å². The maximum Gasteiger partial charge on any atom is 0.0208 e. The van der Waals surface area contributed by atoms with Crippen molar-refractivity contribution < 1.29 is 0 Å². The first kappa shape index (κ1) is 14.2. The topological polar surface area (TPSA) is 15.3 Å². The lowest BCUT2D eigenvalue weighted by Crippen LogP contribution is -2.33. The zero-order valence-corrected chi connectivity index (χ0v) is 11.9. The van der Waals surface area contributed by atoms with Crippen LogP contribution in [0.2, 0.25) is 0 Å². The second-order valence-electron chi connectivity index (χ2n) is 5.18. The molecule has 0 spiro atoms. The smallest absolute Gasteiger partial charge is 0.0208 e. The molecule has 0 unspecified atom stereocenters. The highest BCUT2D eigenvalue weighted by molar-refractivity contribution is 5.30. The largest absolute Gasteiger partial charge is 0.311 e. The highest BCUT2D eigenvalue weighted by Gasteiger charge is 2.02. The fraction of sp³-hybridized carbons (Fsp3) is 0.600.